The molecule has 5 heteroatoms. The van der Waals surface area contributed by atoms with Gasteiger partial charge in [0.15, 0.2) is 0 Å². The van der Waals surface area contributed by atoms with Gasteiger partial charge in [-0.3, -0.25) is 10.1 Å². The minimum absolute atomic E-state index is 0.0491. The zero-order chi connectivity index (χ0) is 17.9. The van der Waals surface area contributed by atoms with Crippen LogP contribution >= 0.6 is 0 Å². The lowest BCUT2D eigenvalue weighted by Gasteiger charge is -2.05. The van der Waals surface area contributed by atoms with Crippen molar-refractivity contribution in [1.82, 2.24) is 0 Å². The molecule has 1 heterocycles. The molecule has 0 spiro atoms. The average Bonchev–Trinajstić information content (AvgIpc) is 2.68. The molecule has 3 aromatic carbocycles. The molecule has 4 aromatic rings. The largest absolute Gasteiger partial charge is 0.438 e. The Morgan fingerprint density at radius 1 is 0.846 bits per heavy atom. The molecule has 5 nitrogen and oxygen atoms in total. The highest BCUT2D eigenvalue weighted by atomic mass is 16.6. The second-order valence-corrected chi connectivity index (χ2v) is 5.75. The third-order valence-electron chi connectivity index (χ3n) is 4.03. The third kappa shape index (κ3) is 3.10. The molecule has 0 amide bonds. The summed E-state index contributed by atoms with van der Waals surface area (Å²) in [6.07, 6.45) is 0. The maximum atomic E-state index is 10.9. The van der Waals surface area contributed by atoms with E-state index in [1.165, 1.54) is 12.1 Å². The molecule has 0 N–H and O–H groups in total. The summed E-state index contributed by atoms with van der Waals surface area (Å²) in [5.74, 6) is 0. The molecule has 0 radical (unpaired) electrons. The van der Waals surface area contributed by atoms with Crippen molar-refractivity contribution in [3.05, 3.63) is 101 Å². The number of nitrogens with zero attached hydrogens (tertiary/aromatic N) is 2. The van der Waals surface area contributed by atoms with Crippen LogP contribution in [0.4, 0.5) is 11.4 Å². The van der Waals surface area contributed by atoms with Crippen LogP contribution < -0.4 is 5.55 Å². The Bertz CT molecular complexity index is 1150. The SMILES string of the molecule is O=[N+]([O-])c1ccc(-c2cc3ccccc3oc2=Nc2ccccc2)cc1. The Hall–Kier alpha value is -3.73. The van der Waals surface area contributed by atoms with E-state index in [4.69, 9.17) is 4.42 Å². The Morgan fingerprint density at radius 3 is 2.27 bits per heavy atom. The Morgan fingerprint density at radius 2 is 1.54 bits per heavy atom. The highest BCUT2D eigenvalue weighted by Crippen LogP contribution is 2.24. The number of hydrogen-bond donors (Lipinski definition) is 0. The predicted octanol–water partition coefficient (Wildman–Crippen LogP) is 5.24. The van der Waals surface area contributed by atoms with Crippen LogP contribution in [0.25, 0.3) is 22.1 Å². The van der Waals surface area contributed by atoms with Crippen LogP contribution in [0.3, 0.4) is 0 Å². The van der Waals surface area contributed by atoms with Crippen molar-refractivity contribution < 1.29 is 9.34 Å². The van der Waals surface area contributed by atoms with Gasteiger partial charge in [-0.2, -0.15) is 0 Å². The van der Waals surface area contributed by atoms with Gasteiger partial charge in [-0.05, 0) is 42.0 Å². The molecule has 0 fully saturated rings. The van der Waals surface area contributed by atoms with Crippen molar-refractivity contribution in [3.63, 3.8) is 0 Å². The lowest BCUT2D eigenvalue weighted by atomic mass is 10.1. The number of rotatable bonds is 3. The summed E-state index contributed by atoms with van der Waals surface area (Å²) < 4.78 is 6.03. The number of para-hydroxylation sites is 2. The highest BCUT2D eigenvalue weighted by molar-refractivity contribution is 5.81. The Labute approximate surface area is 149 Å². The number of benzene rings is 3. The van der Waals surface area contributed by atoms with Crippen molar-refractivity contribution in [2.24, 2.45) is 4.99 Å². The second kappa shape index (κ2) is 6.64. The van der Waals surface area contributed by atoms with E-state index in [0.29, 0.717) is 5.55 Å². The molecule has 0 saturated heterocycles. The van der Waals surface area contributed by atoms with Crippen LogP contribution in [0.15, 0.2) is 94.3 Å². The molecule has 26 heavy (non-hydrogen) atoms. The van der Waals surface area contributed by atoms with Crippen LogP contribution in [0.5, 0.6) is 0 Å². The Balaban J connectivity index is 1.95. The number of non-ortho nitro benzene ring substituents is 1. The quantitative estimate of drug-likeness (QED) is 0.377. The minimum atomic E-state index is -0.413. The summed E-state index contributed by atoms with van der Waals surface area (Å²) in [7, 11) is 0. The van der Waals surface area contributed by atoms with Crippen molar-refractivity contribution in [3.8, 4) is 11.1 Å². The van der Waals surface area contributed by atoms with Crippen LogP contribution in [0.2, 0.25) is 0 Å². The van der Waals surface area contributed by atoms with Crippen molar-refractivity contribution in [1.29, 1.82) is 0 Å². The summed E-state index contributed by atoms with van der Waals surface area (Å²) in [6, 6.07) is 25.6. The fourth-order valence-corrected chi connectivity index (χ4v) is 2.74. The monoisotopic (exact) mass is 342 g/mol. The van der Waals surface area contributed by atoms with Gasteiger partial charge in [-0.25, -0.2) is 4.99 Å². The van der Waals surface area contributed by atoms with E-state index < -0.39 is 4.92 Å². The lowest BCUT2D eigenvalue weighted by Crippen LogP contribution is -2.05. The fourth-order valence-electron chi connectivity index (χ4n) is 2.74. The molecule has 0 atom stereocenters. The fraction of sp³-hybridized carbons (Fsp3) is 0. The smallest absolute Gasteiger partial charge is 0.269 e. The van der Waals surface area contributed by atoms with E-state index in [9.17, 15) is 10.1 Å². The van der Waals surface area contributed by atoms with E-state index in [0.717, 1.165) is 27.8 Å². The summed E-state index contributed by atoms with van der Waals surface area (Å²) in [4.78, 5) is 15.1. The van der Waals surface area contributed by atoms with E-state index in [1.807, 2.05) is 60.7 Å². The van der Waals surface area contributed by atoms with E-state index >= 15 is 0 Å². The van der Waals surface area contributed by atoms with E-state index in [-0.39, 0.29) is 5.69 Å². The predicted molar refractivity (Wildman–Crippen MR) is 100.0 cm³/mol. The first-order valence-electron chi connectivity index (χ1n) is 8.08. The van der Waals surface area contributed by atoms with Gasteiger partial charge in [0.1, 0.15) is 5.58 Å². The van der Waals surface area contributed by atoms with Gasteiger partial charge >= 0.3 is 0 Å². The molecule has 126 valence electrons. The summed E-state index contributed by atoms with van der Waals surface area (Å²) in [5.41, 5.74) is 3.60. The summed E-state index contributed by atoms with van der Waals surface area (Å²) >= 11 is 0. The van der Waals surface area contributed by atoms with Crippen LogP contribution in [-0.2, 0) is 0 Å². The Kier molecular flexibility index (Phi) is 4.03. The van der Waals surface area contributed by atoms with Gasteiger partial charge in [-0.1, -0.05) is 36.4 Å². The zero-order valence-electron chi connectivity index (χ0n) is 13.7. The van der Waals surface area contributed by atoms with Gasteiger partial charge in [0.2, 0.25) is 5.55 Å². The molecule has 0 aliphatic heterocycles. The maximum absolute atomic E-state index is 10.9. The average molecular weight is 342 g/mol. The van der Waals surface area contributed by atoms with Crippen molar-refractivity contribution in [2.75, 3.05) is 0 Å². The van der Waals surface area contributed by atoms with E-state index in [1.54, 1.807) is 12.1 Å². The highest BCUT2D eigenvalue weighted by Gasteiger charge is 2.09. The van der Waals surface area contributed by atoms with Crippen molar-refractivity contribution >= 4 is 22.3 Å². The molecule has 0 aliphatic rings. The molecule has 0 unspecified atom stereocenters. The molecule has 0 bridgehead atoms. The van der Waals surface area contributed by atoms with Crippen LogP contribution in [0.1, 0.15) is 0 Å². The molecule has 0 saturated carbocycles. The van der Waals surface area contributed by atoms with Gasteiger partial charge in [0.05, 0.1) is 10.6 Å². The number of nitro benzene ring substituents is 1. The molecular formula is C21H14N2O3. The first-order chi connectivity index (χ1) is 12.7. The lowest BCUT2D eigenvalue weighted by molar-refractivity contribution is -0.384. The van der Waals surface area contributed by atoms with Crippen LogP contribution in [-0.4, -0.2) is 4.92 Å². The first kappa shape index (κ1) is 15.8. The minimum Gasteiger partial charge on any atom is -0.438 e. The van der Waals surface area contributed by atoms with Gasteiger partial charge in [-0.15, -0.1) is 0 Å². The van der Waals surface area contributed by atoms with Gasteiger partial charge in [0, 0.05) is 23.1 Å². The molecule has 1 aromatic heterocycles. The zero-order valence-corrected chi connectivity index (χ0v) is 13.7. The normalized spacial score (nSPS) is 11.6. The summed E-state index contributed by atoms with van der Waals surface area (Å²) in [6.45, 7) is 0. The molecule has 0 aliphatic carbocycles. The van der Waals surface area contributed by atoms with Gasteiger partial charge in [0.25, 0.3) is 5.69 Å². The standard InChI is InChI=1S/C21H14N2O3/c24-23(25)18-12-10-15(11-13-18)19-14-16-6-4-5-9-20(16)26-21(19)22-17-7-2-1-3-8-17/h1-14H. The first-order valence-corrected chi connectivity index (χ1v) is 8.08. The molecule has 4 rings (SSSR count). The maximum Gasteiger partial charge on any atom is 0.269 e. The van der Waals surface area contributed by atoms with Crippen LogP contribution in [0, 0.1) is 10.1 Å². The topological polar surface area (TPSA) is 68.6 Å². The number of nitro groups is 1. The number of fused-ring (bicyclic) bond motifs is 1. The third-order valence-corrected chi connectivity index (χ3v) is 4.03. The number of hydrogen-bond acceptors (Lipinski definition) is 4. The van der Waals surface area contributed by atoms with Crippen molar-refractivity contribution in [2.45, 2.75) is 0 Å². The van der Waals surface area contributed by atoms with Gasteiger partial charge < -0.3 is 4.42 Å². The molecular weight excluding hydrogens is 328 g/mol. The van der Waals surface area contributed by atoms with E-state index in [2.05, 4.69) is 4.99 Å². The summed E-state index contributed by atoms with van der Waals surface area (Å²) in [5, 5.41) is 11.8. The second-order valence-electron chi connectivity index (χ2n) is 5.75.